The molecule has 3 nitrogen and oxygen atoms in total. The number of hydrogen-bond acceptors (Lipinski definition) is 2. The van der Waals surface area contributed by atoms with Crippen molar-refractivity contribution in [2.75, 3.05) is 26.2 Å². The fourth-order valence-corrected chi connectivity index (χ4v) is 3.38. The molecule has 1 aliphatic rings. The Morgan fingerprint density at radius 2 is 1.88 bits per heavy atom. The summed E-state index contributed by atoms with van der Waals surface area (Å²) in [6.07, 6.45) is 2.41. The molecule has 1 aliphatic heterocycles. The summed E-state index contributed by atoms with van der Waals surface area (Å²) >= 11 is 6.40. The average Bonchev–Trinajstić information content (AvgIpc) is 2.79. The molecule has 0 unspecified atom stereocenters. The van der Waals surface area contributed by atoms with Gasteiger partial charge in [-0.1, -0.05) is 54.1 Å². The molecule has 0 saturated carbocycles. The van der Waals surface area contributed by atoms with Crippen LogP contribution in [0.25, 0.3) is 6.08 Å². The smallest absolute Gasteiger partial charge is 0.224 e. The Morgan fingerprint density at radius 3 is 2.65 bits per heavy atom. The van der Waals surface area contributed by atoms with Crippen molar-refractivity contribution in [1.29, 1.82) is 0 Å². The molecule has 0 aromatic heterocycles. The van der Waals surface area contributed by atoms with Gasteiger partial charge in [-0.2, -0.15) is 0 Å². The van der Waals surface area contributed by atoms with Gasteiger partial charge in [0.25, 0.3) is 0 Å². The maximum atomic E-state index is 13.4. The fraction of sp³-hybridized carbons (Fsp3) is 0.286. The number of amides is 1. The Labute approximate surface area is 158 Å². The molecule has 0 radical (unpaired) electrons. The zero-order valence-corrected chi connectivity index (χ0v) is 15.3. The quantitative estimate of drug-likeness (QED) is 0.787. The normalized spacial score (nSPS) is 16.6. The lowest BCUT2D eigenvalue weighted by molar-refractivity contribution is -0.130. The van der Waals surface area contributed by atoms with E-state index in [1.165, 1.54) is 12.1 Å². The molecule has 0 atom stereocenters. The van der Waals surface area contributed by atoms with Gasteiger partial charge in [-0.25, -0.2) is 4.39 Å². The van der Waals surface area contributed by atoms with E-state index in [4.69, 9.17) is 11.6 Å². The lowest BCUT2D eigenvalue weighted by Gasteiger charge is -2.22. The minimum absolute atomic E-state index is 0.0972. The van der Waals surface area contributed by atoms with Crippen molar-refractivity contribution in [2.24, 2.45) is 0 Å². The summed E-state index contributed by atoms with van der Waals surface area (Å²) in [5.74, 6) is -0.177. The minimum Gasteiger partial charge on any atom is -0.337 e. The van der Waals surface area contributed by atoms with Crippen molar-refractivity contribution < 1.29 is 9.18 Å². The molecular weight excluding hydrogens is 351 g/mol. The predicted molar refractivity (Wildman–Crippen MR) is 103 cm³/mol. The number of carbonyl (C=O) groups is 1. The molecule has 5 heteroatoms. The number of halogens is 2. The van der Waals surface area contributed by atoms with Crippen molar-refractivity contribution in [1.82, 2.24) is 9.80 Å². The number of rotatable bonds is 5. The third-order valence-corrected chi connectivity index (χ3v) is 4.67. The average molecular weight is 373 g/mol. The lowest BCUT2D eigenvalue weighted by Crippen LogP contribution is -2.33. The van der Waals surface area contributed by atoms with Gasteiger partial charge in [0.1, 0.15) is 5.82 Å². The predicted octanol–water partition coefficient (Wildman–Crippen LogP) is 4.14. The number of hydrogen-bond donors (Lipinski definition) is 0. The van der Waals surface area contributed by atoms with Crippen LogP contribution in [0.1, 0.15) is 17.5 Å². The highest BCUT2D eigenvalue weighted by Crippen LogP contribution is 2.15. The van der Waals surface area contributed by atoms with Gasteiger partial charge in [-0.15, -0.1) is 0 Å². The van der Waals surface area contributed by atoms with Gasteiger partial charge in [-0.3, -0.25) is 9.69 Å². The highest BCUT2D eigenvalue weighted by atomic mass is 35.5. The summed E-state index contributed by atoms with van der Waals surface area (Å²) in [5, 5.41) is 0.752. The Balaban J connectivity index is 1.58. The maximum absolute atomic E-state index is 13.4. The van der Waals surface area contributed by atoms with Crippen LogP contribution in [0.3, 0.4) is 0 Å². The highest BCUT2D eigenvalue weighted by Gasteiger charge is 2.21. The Morgan fingerprint density at radius 1 is 1.08 bits per heavy atom. The van der Waals surface area contributed by atoms with Crippen molar-refractivity contribution >= 4 is 23.6 Å². The van der Waals surface area contributed by atoms with E-state index in [9.17, 15) is 9.18 Å². The first-order valence-corrected chi connectivity index (χ1v) is 9.13. The van der Waals surface area contributed by atoms with Crippen LogP contribution in [0.5, 0.6) is 0 Å². The zero-order chi connectivity index (χ0) is 18.4. The van der Waals surface area contributed by atoms with Crippen LogP contribution in [0.15, 0.2) is 59.6 Å². The molecule has 0 spiro atoms. The van der Waals surface area contributed by atoms with Gasteiger partial charge in [0.2, 0.25) is 5.91 Å². The van der Waals surface area contributed by atoms with Crippen molar-refractivity contribution in [3.05, 3.63) is 76.6 Å². The fourth-order valence-electron chi connectivity index (χ4n) is 3.08. The van der Waals surface area contributed by atoms with E-state index in [0.717, 1.165) is 22.7 Å². The number of nitrogens with zero attached hydrogens (tertiary/aromatic N) is 2. The standard InChI is InChI=1S/C21H22ClFN2O/c22-19(13-17-5-2-1-3-6-17)16-24-10-9-21(26)25(12-11-24)15-18-7-4-8-20(23)14-18/h1-8,13-14H,9-12,15-16H2/b19-13-. The molecule has 2 aromatic rings. The molecule has 1 fully saturated rings. The lowest BCUT2D eigenvalue weighted by atomic mass is 10.2. The van der Waals surface area contributed by atoms with Crippen LogP contribution in [0, 0.1) is 5.82 Å². The zero-order valence-electron chi connectivity index (χ0n) is 14.6. The van der Waals surface area contributed by atoms with Gasteiger partial charge < -0.3 is 4.90 Å². The third-order valence-electron chi connectivity index (χ3n) is 4.44. The van der Waals surface area contributed by atoms with E-state index in [2.05, 4.69) is 4.90 Å². The van der Waals surface area contributed by atoms with Gasteiger partial charge in [-0.05, 0) is 29.3 Å². The molecule has 3 rings (SSSR count). The van der Waals surface area contributed by atoms with Crippen LogP contribution in [0.2, 0.25) is 0 Å². The molecule has 1 saturated heterocycles. The molecule has 136 valence electrons. The Kier molecular flexibility index (Phi) is 6.42. The first-order chi connectivity index (χ1) is 12.6. The van der Waals surface area contributed by atoms with E-state index >= 15 is 0 Å². The molecule has 1 heterocycles. The monoisotopic (exact) mass is 372 g/mol. The van der Waals surface area contributed by atoms with E-state index < -0.39 is 0 Å². The molecule has 0 aliphatic carbocycles. The maximum Gasteiger partial charge on any atom is 0.224 e. The minimum atomic E-state index is -0.274. The van der Waals surface area contributed by atoms with E-state index in [1.54, 1.807) is 11.0 Å². The second kappa shape index (κ2) is 8.97. The van der Waals surface area contributed by atoms with Crippen LogP contribution in [0.4, 0.5) is 4.39 Å². The van der Waals surface area contributed by atoms with Gasteiger partial charge in [0, 0.05) is 44.2 Å². The van der Waals surface area contributed by atoms with Crippen LogP contribution in [-0.4, -0.2) is 41.9 Å². The molecule has 1 amide bonds. The summed E-state index contributed by atoms with van der Waals surface area (Å²) in [4.78, 5) is 16.4. The first-order valence-electron chi connectivity index (χ1n) is 8.76. The topological polar surface area (TPSA) is 23.6 Å². The summed E-state index contributed by atoms with van der Waals surface area (Å²) < 4.78 is 13.4. The van der Waals surface area contributed by atoms with Gasteiger partial charge in [0.15, 0.2) is 0 Å². The Hall–Kier alpha value is -2.17. The third kappa shape index (κ3) is 5.41. The summed E-state index contributed by atoms with van der Waals surface area (Å²) in [6.45, 7) is 3.11. The summed E-state index contributed by atoms with van der Waals surface area (Å²) in [6, 6.07) is 16.4. The van der Waals surface area contributed by atoms with E-state index in [0.29, 0.717) is 32.6 Å². The SMILES string of the molecule is O=C1CCN(C/C(Cl)=C/c2ccccc2)CCN1Cc1cccc(F)c1. The largest absolute Gasteiger partial charge is 0.337 e. The summed E-state index contributed by atoms with van der Waals surface area (Å²) in [5.41, 5.74) is 1.88. The van der Waals surface area contributed by atoms with Gasteiger partial charge >= 0.3 is 0 Å². The highest BCUT2D eigenvalue weighted by molar-refractivity contribution is 6.31. The van der Waals surface area contributed by atoms with Crippen molar-refractivity contribution in [3.8, 4) is 0 Å². The molecular formula is C21H22ClFN2O. The van der Waals surface area contributed by atoms with E-state index in [-0.39, 0.29) is 11.7 Å². The number of carbonyl (C=O) groups excluding carboxylic acids is 1. The summed E-state index contributed by atoms with van der Waals surface area (Å²) in [7, 11) is 0. The van der Waals surface area contributed by atoms with Crippen LogP contribution < -0.4 is 0 Å². The van der Waals surface area contributed by atoms with Crippen LogP contribution in [-0.2, 0) is 11.3 Å². The molecule has 2 aromatic carbocycles. The second-order valence-corrected chi connectivity index (χ2v) is 6.96. The second-order valence-electron chi connectivity index (χ2n) is 6.47. The van der Waals surface area contributed by atoms with Crippen LogP contribution >= 0.6 is 11.6 Å². The molecule has 0 bridgehead atoms. The molecule has 26 heavy (non-hydrogen) atoms. The molecule has 0 N–H and O–H groups in total. The Bertz CT molecular complexity index is 779. The van der Waals surface area contributed by atoms with Gasteiger partial charge in [0.05, 0.1) is 0 Å². The van der Waals surface area contributed by atoms with E-state index in [1.807, 2.05) is 42.5 Å². The first kappa shape index (κ1) is 18.6. The van der Waals surface area contributed by atoms with Crippen molar-refractivity contribution in [3.63, 3.8) is 0 Å². The number of benzene rings is 2. The van der Waals surface area contributed by atoms with Crippen molar-refractivity contribution in [2.45, 2.75) is 13.0 Å².